The summed E-state index contributed by atoms with van der Waals surface area (Å²) in [6.45, 7) is 2.18. The van der Waals surface area contributed by atoms with Crippen molar-refractivity contribution in [2.24, 2.45) is 5.10 Å². The molecule has 0 atom stereocenters. The molecule has 0 amide bonds. The van der Waals surface area contributed by atoms with Crippen LogP contribution in [0.15, 0.2) is 82.4 Å². The Morgan fingerprint density at radius 2 is 1.70 bits per heavy atom. The molecule has 0 bridgehead atoms. The lowest BCUT2D eigenvalue weighted by atomic mass is 10.2. The first kappa shape index (κ1) is 25.0. The van der Waals surface area contributed by atoms with E-state index in [-0.39, 0.29) is 0 Å². The molecule has 2 N–H and O–H groups in total. The second-order valence-corrected chi connectivity index (χ2v) is 9.72. The zero-order valence-corrected chi connectivity index (χ0v) is 22.3. The van der Waals surface area contributed by atoms with Gasteiger partial charge in [0.2, 0.25) is 17.8 Å². The van der Waals surface area contributed by atoms with Crippen LogP contribution < -0.4 is 20.4 Å². The van der Waals surface area contributed by atoms with Gasteiger partial charge >= 0.3 is 0 Å². The van der Waals surface area contributed by atoms with Crippen molar-refractivity contribution in [1.29, 1.82) is 0 Å². The van der Waals surface area contributed by atoms with Crippen LogP contribution in [-0.4, -0.2) is 34.3 Å². The van der Waals surface area contributed by atoms with Gasteiger partial charge in [-0.15, -0.1) is 0 Å². The van der Waals surface area contributed by atoms with E-state index in [9.17, 15) is 0 Å². The summed E-state index contributed by atoms with van der Waals surface area (Å²) in [6, 6.07) is 23.1. The van der Waals surface area contributed by atoms with Gasteiger partial charge in [0.05, 0.1) is 6.21 Å². The normalized spacial score (nSPS) is 13.2. The molecule has 0 radical (unpaired) electrons. The van der Waals surface area contributed by atoms with Crippen molar-refractivity contribution in [3.63, 3.8) is 0 Å². The smallest absolute Gasteiger partial charge is 0.250 e. The molecule has 1 fully saturated rings. The molecule has 1 aromatic heterocycles. The van der Waals surface area contributed by atoms with Gasteiger partial charge in [-0.25, -0.2) is 5.43 Å². The molecule has 1 aliphatic rings. The molecule has 3 aromatic carbocycles. The number of nitrogens with zero attached hydrogens (tertiary/aromatic N) is 5. The first-order valence-corrected chi connectivity index (χ1v) is 13.1. The van der Waals surface area contributed by atoms with Crippen LogP contribution in [0.1, 0.15) is 24.0 Å². The number of para-hydroxylation sites is 1. The number of halogens is 2. The maximum atomic E-state index is 6.28. The molecule has 8 nitrogen and oxygen atoms in total. The first-order valence-electron chi connectivity index (χ1n) is 11.9. The van der Waals surface area contributed by atoms with Gasteiger partial charge in [0.15, 0.2) is 0 Å². The van der Waals surface area contributed by atoms with Crippen LogP contribution in [-0.2, 0) is 6.61 Å². The number of hydrogen-bond acceptors (Lipinski definition) is 8. The fourth-order valence-corrected chi connectivity index (χ4v) is 4.43. The summed E-state index contributed by atoms with van der Waals surface area (Å²) in [4.78, 5) is 15.9. The van der Waals surface area contributed by atoms with Crippen molar-refractivity contribution < 1.29 is 4.74 Å². The average molecular weight is 579 g/mol. The number of hydrazone groups is 1. The van der Waals surface area contributed by atoms with Crippen molar-refractivity contribution in [3.8, 4) is 5.75 Å². The van der Waals surface area contributed by atoms with Gasteiger partial charge < -0.3 is 15.0 Å². The average Bonchev–Trinajstić information content (AvgIpc) is 3.45. The van der Waals surface area contributed by atoms with E-state index in [1.807, 2.05) is 72.8 Å². The van der Waals surface area contributed by atoms with Gasteiger partial charge in [0.25, 0.3) is 0 Å². The Balaban J connectivity index is 1.34. The lowest BCUT2D eigenvalue weighted by Gasteiger charge is -2.16. The molecule has 1 saturated heterocycles. The van der Waals surface area contributed by atoms with E-state index in [0.717, 1.165) is 47.2 Å². The fraction of sp³-hybridized carbons (Fsp3) is 0.185. The van der Waals surface area contributed by atoms with Crippen LogP contribution in [0.4, 0.5) is 23.5 Å². The van der Waals surface area contributed by atoms with Crippen molar-refractivity contribution in [3.05, 3.63) is 93.4 Å². The fourth-order valence-electron chi connectivity index (χ4n) is 3.86. The van der Waals surface area contributed by atoms with Crippen LogP contribution in [0.25, 0.3) is 0 Å². The molecule has 2 heterocycles. The lowest BCUT2D eigenvalue weighted by Crippen LogP contribution is -2.21. The zero-order chi connectivity index (χ0) is 25.5. The third-order valence-corrected chi connectivity index (χ3v) is 6.59. The molecular formula is C27H25BrClN7O. The van der Waals surface area contributed by atoms with E-state index in [2.05, 4.69) is 51.6 Å². The number of ether oxygens (including phenoxy) is 1. The third-order valence-electron chi connectivity index (χ3n) is 5.72. The van der Waals surface area contributed by atoms with Crippen LogP contribution in [0.2, 0.25) is 5.02 Å². The third kappa shape index (κ3) is 6.75. The second-order valence-electron chi connectivity index (χ2n) is 8.40. The van der Waals surface area contributed by atoms with Gasteiger partial charge in [0.1, 0.15) is 12.4 Å². The van der Waals surface area contributed by atoms with Crippen LogP contribution >= 0.6 is 27.5 Å². The number of benzene rings is 3. The zero-order valence-electron chi connectivity index (χ0n) is 19.9. The first-order chi connectivity index (χ1) is 18.1. The highest BCUT2D eigenvalue weighted by Gasteiger charge is 2.17. The number of anilines is 4. The summed E-state index contributed by atoms with van der Waals surface area (Å²) in [7, 11) is 0. The van der Waals surface area contributed by atoms with Gasteiger partial charge in [-0.3, -0.25) is 0 Å². The van der Waals surface area contributed by atoms with Gasteiger partial charge in [-0.1, -0.05) is 63.9 Å². The monoisotopic (exact) mass is 577 g/mol. The molecule has 0 spiro atoms. The minimum atomic E-state index is 0.344. The predicted octanol–water partition coefficient (Wildman–Crippen LogP) is 6.66. The Kier molecular flexibility index (Phi) is 8.12. The Labute approximate surface area is 228 Å². The summed E-state index contributed by atoms with van der Waals surface area (Å²) < 4.78 is 6.96. The van der Waals surface area contributed by atoms with Crippen LogP contribution in [0.3, 0.4) is 0 Å². The van der Waals surface area contributed by atoms with E-state index < -0.39 is 0 Å². The highest BCUT2D eigenvalue weighted by atomic mass is 79.9. The van der Waals surface area contributed by atoms with E-state index in [4.69, 9.17) is 16.3 Å². The standard InChI is InChI=1S/C27H25BrClN7O/c28-21-12-13-24(37-18-19-8-4-5-11-23(19)29)20(16-21)17-30-35-26-32-25(31-22-9-2-1-3-10-22)33-27(34-26)36-14-6-7-15-36/h1-5,8-13,16-17H,6-7,14-15,18H2,(H2,31,32,33,34,35)/b30-17+. The van der Waals surface area contributed by atoms with Crippen molar-refractivity contribution in [2.75, 3.05) is 28.7 Å². The van der Waals surface area contributed by atoms with Crippen LogP contribution in [0.5, 0.6) is 5.75 Å². The summed E-state index contributed by atoms with van der Waals surface area (Å²) in [5, 5.41) is 8.32. The SMILES string of the molecule is Clc1ccccc1COc1ccc(Br)cc1/C=N/Nc1nc(Nc2ccccc2)nc(N2CCCC2)n1. The molecule has 0 unspecified atom stereocenters. The highest BCUT2D eigenvalue weighted by molar-refractivity contribution is 9.10. The Morgan fingerprint density at radius 3 is 2.51 bits per heavy atom. The minimum Gasteiger partial charge on any atom is -0.488 e. The van der Waals surface area contributed by atoms with Crippen molar-refractivity contribution in [2.45, 2.75) is 19.4 Å². The number of hydrogen-bond donors (Lipinski definition) is 2. The Morgan fingerprint density at radius 1 is 0.946 bits per heavy atom. The number of nitrogens with one attached hydrogen (secondary N) is 2. The predicted molar refractivity (Wildman–Crippen MR) is 152 cm³/mol. The summed E-state index contributed by atoms with van der Waals surface area (Å²) in [5.74, 6) is 2.09. The molecule has 37 heavy (non-hydrogen) atoms. The Bertz CT molecular complexity index is 1380. The molecule has 0 saturated carbocycles. The largest absolute Gasteiger partial charge is 0.488 e. The van der Waals surface area contributed by atoms with Gasteiger partial charge in [-0.2, -0.15) is 20.1 Å². The highest BCUT2D eigenvalue weighted by Crippen LogP contribution is 2.25. The maximum absolute atomic E-state index is 6.28. The molecule has 10 heteroatoms. The molecular weight excluding hydrogens is 554 g/mol. The van der Waals surface area contributed by atoms with E-state index >= 15 is 0 Å². The van der Waals surface area contributed by atoms with Gasteiger partial charge in [-0.05, 0) is 49.2 Å². The summed E-state index contributed by atoms with van der Waals surface area (Å²) in [5.41, 5.74) is 5.55. The second kappa shape index (κ2) is 12.0. The van der Waals surface area contributed by atoms with Crippen molar-refractivity contribution >= 4 is 57.3 Å². The topological polar surface area (TPSA) is 87.6 Å². The lowest BCUT2D eigenvalue weighted by molar-refractivity contribution is 0.306. The summed E-state index contributed by atoms with van der Waals surface area (Å²) in [6.07, 6.45) is 3.91. The number of rotatable bonds is 9. The molecule has 1 aliphatic heterocycles. The van der Waals surface area contributed by atoms with Crippen LogP contribution in [0, 0.1) is 0 Å². The van der Waals surface area contributed by atoms with E-state index in [0.29, 0.717) is 35.2 Å². The minimum absolute atomic E-state index is 0.344. The molecule has 4 aromatic rings. The van der Waals surface area contributed by atoms with E-state index in [1.54, 1.807) is 6.21 Å². The summed E-state index contributed by atoms with van der Waals surface area (Å²) >= 11 is 9.80. The quantitative estimate of drug-likeness (QED) is 0.170. The maximum Gasteiger partial charge on any atom is 0.250 e. The molecule has 5 rings (SSSR count). The molecule has 188 valence electrons. The molecule has 0 aliphatic carbocycles. The van der Waals surface area contributed by atoms with E-state index in [1.165, 1.54) is 0 Å². The Hall–Kier alpha value is -3.69. The van der Waals surface area contributed by atoms with Gasteiger partial charge in [0, 0.05) is 39.4 Å². The van der Waals surface area contributed by atoms with Crippen molar-refractivity contribution in [1.82, 2.24) is 15.0 Å². The number of aromatic nitrogens is 3.